The van der Waals surface area contributed by atoms with Gasteiger partial charge in [-0.3, -0.25) is 0 Å². The van der Waals surface area contributed by atoms with Crippen molar-refractivity contribution in [3.05, 3.63) is 103 Å². The van der Waals surface area contributed by atoms with E-state index < -0.39 is 25.1 Å². The molecule has 15 heteroatoms. The first kappa shape index (κ1) is 34.8. The molecule has 2 N–H and O–H groups in total. The maximum absolute atomic E-state index is 11.8. The second kappa shape index (κ2) is 13.7. The van der Waals surface area contributed by atoms with Crippen LogP contribution in [-0.4, -0.2) is 25.9 Å². The van der Waals surface area contributed by atoms with Gasteiger partial charge in [0, 0.05) is 38.0 Å². The van der Waals surface area contributed by atoms with E-state index in [0.29, 0.717) is 33.5 Å². The Hall–Kier alpha value is -3.08. The molecule has 0 amide bonds. The molecular weight excluding hydrogens is 636 g/mol. The van der Waals surface area contributed by atoms with Crippen molar-refractivity contribution < 1.29 is 85.1 Å². The Morgan fingerprint density at radius 3 is 1.42 bits per heavy atom. The topological polar surface area (TPSA) is 190 Å². The predicted molar refractivity (Wildman–Crippen MR) is 161 cm³/mol. The van der Waals surface area contributed by atoms with Gasteiger partial charge in [-0.05, 0) is 48.5 Å². The number of fused-ring (bicyclic) bond motifs is 3. The Morgan fingerprint density at radius 2 is 0.889 bits per heavy atom. The average molecular weight is 656 g/mol. The van der Waals surface area contributed by atoms with Crippen molar-refractivity contribution in [1.82, 2.24) is 0 Å². The fraction of sp³-hybridized carbons (Fsp3) is 0. The monoisotopic (exact) mass is 655 g/mol. The summed E-state index contributed by atoms with van der Waals surface area (Å²) in [7, 11) is -9.51. The number of nitrogen functional groups attached to an aromatic ring is 1. The molecule has 6 rings (SSSR count). The van der Waals surface area contributed by atoms with Crippen LogP contribution in [0.2, 0.25) is 0 Å². The Kier molecular flexibility index (Phi) is 10.6. The van der Waals surface area contributed by atoms with Crippen molar-refractivity contribution in [2.24, 2.45) is 20.5 Å². The van der Waals surface area contributed by atoms with Gasteiger partial charge < -0.3 is 14.8 Å². The number of hydrogen-bond donors (Lipinski definition) is 1. The molecule has 0 saturated heterocycles. The second-order valence-electron chi connectivity index (χ2n) is 9.47. The van der Waals surface area contributed by atoms with Gasteiger partial charge in [-0.2, -0.15) is 0 Å². The van der Waals surface area contributed by atoms with Crippen molar-refractivity contribution in [2.75, 3.05) is 5.73 Å². The molecular formula is C30H19N5Na2O6S2. The second-order valence-corrected chi connectivity index (χ2v) is 12.2. The fourth-order valence-electron chi connectivity index (χ4n) is 4.80. The number of rotatable bonds is 6. The summed E-state index contributed by atoms with van der Waals surface area (Å²) >= 11 is 0. The normalized spacial score (nSPS) is 12.1. The van der Waals surface area contributed by atoms with Gasteiger partial charge in [0.05, 0.1) is 32.5 Å². The molecule has 0 atom stereocenters. The third-order valence-corrected chi connectivity index (χ3v) is 8.55. The van der Waals surface area contributed by atoms with E-state index in [-0.39, 0.29) is 80.5 Å². The van der Waals surface area contributed by atoms with Crippen LogP contribution in [0.4, 0.5) is 28.4 Å². The van der Waals surface area contributed by atoms with Crippen LogP contribution in [0.5, 0.6) is 0 Å². The number of anilines is 1. The molecule has 0 saturated carbocycles. The van der Waals surface area contributed by atoms with Crippen molar-refractivity contribution >= 4 is 81.0 Å². The molecule has 0 spiro atoms. The van der Waals surface area contributed by atoms with Gasteiger partial charge in [0.1, 0.15) is 20.2 Å². The van der Waals surface area contributed by atoms with Gasteiger partial charge in [0.15, 0.2) is 0 Å². The van der Waals surface area contributed by atoms with Crippen LogP contribution in [0.25, 0.3) is 32.3 Å². The van der Waals surface area contributed by atoms with Crippen molar-refractivity contribution in [3.8, 4) is 0 Å². The van der Waals surface area contributed by atoms with Crippen molar-refractivity contribution in [2.45, 2.75) is 9.79 Å². The van der Waals surface area contributed by atoms with E-state index in [4.69, 9.17) is 5.73 Å². The quantitative estimate of drug-likeness (QED) is 0.121. The van der Waals surface area contributed by atoms with Gasteiger partial charge >= 0.3 is 59.1 Å². The summed E-state index contributed by atoms with van der Waals surface area (Å²) in [6.45, 7) is 0. The Morgan fingerprint density at radius 1 is 0.467 bits per heavy atom. The van der Waals surface area contributed by atoms with Gasteiger partial charge in [0.25, 0.3) is 0 Å². The van der Waals surface area contributed by atoms with Crippen LogP contribution in [0.1, 0.15) is 0 Å². The standard InChI is InChI=1S/C30H21N5O6S2.2Na/c31-25-11-12-26(20-6-2-1-5-19(20)25)32-35-29-14-13-27(22-10-9-18(17-24(22)29)42(36,37)38)33-34-28-15-16-30(43(39,40)41)23-8-4-3-7-21(23)28;;/h1-17H,31H2,(H,36,37,38)(H,39,40,41);;/q;2*+1/p-2. The molecule has 0 heterocycles. The van der Waals surface area contributed by atoms with E-state index in [0.717, 1.165) is 10.8 Å². The van der Waals surface area contributed by atoms with E-state index in [9.17, 15) is 25.9 Å². The molecule has 214 valence electrons. The molecule has 0 aliphatic carbocycles. The number of benzene rings is 6. The van der Waals surface area contributed by atoms with E-state index >= 15 is 0 Å². The number of hydrogen-bond acceptors (Lipinski definition) is 11. The average Bonchev–Trinajstić information content (AvgIpc) is 2.98. The summed E-state index contributed by atoms with van der Waals surface area (Å²) in [5.74, 6) is 0. The third kappa shape index (κ3) is 7.18. The van der Waals surface area contributed by atoms with Gasteiger partial charge in [-0.25, -0.2) is 16.8 Å². The summed E-state index contributed by atoms with van der Waals surface area (Å²) in [6.07, 6.45) is 0. The van der Waals surface area contributed by atoms with Crippen molar-refractivity contribution in [3.63, 3.8) is 0 Å². The maximum atomic E-state index is 11.8. The zero-order valence-electron chi connectivity index (χ0n) is 23.9. The molecule has 0 aromatic heterocycles. The molecule has 0 aliphatic rings. The first-order chi connectivity index (χ1) is 20.5. The van der Waals surface area contributed by atoms with E-state index in [1.165, 1.54) is 36.4 Å². The van der Waals surface area contributed by atoms with Gasteiger partial charge in [-0.15, -0.1) is 20.5 Å². The zero-order valence-corrected chi connectivity index (χ0v) is 29.6. The minimum atomic E-state index is -4.79. The number of azo groups is 2. The van der Waals surface area contributed by atoms with Gasteiger partial charge in [0.2, 0.25) is 0 Å². The molecule has 6 aromatic carbocycles. The zero-order chi connectivity index (χ0) is 30.4. The van der Waals surface area contributed by atoms with Gasteiger partial charge in [-0.1, -0.05) is 54.6 Å². The SMILES string of the molecule is Nc1ccc(N=Nc2ccc(N=Nc3ccc(S(=O)(=O)[O-])c4ccccc34)c3ccc(S(=O)(=O)[O-])cc23)c2ccccc12.[Na+].[Na+]. The van der Waals surface area contributed by atoms with Crippen molar-refractivity contribution in [1.29, 1.82) is 0 Å². The minimum Gasteiger partial charge on any atom is -0.744 e. The molecule has 0 radical (unpaired) electrons. The van der Waals surface area contributed by atoms with Crippen LogP contribution in [0, 0.1) is 0 Å². The summed E-state index contributed by atoms with van der Waals surface area (Å²) < 4.78 is 70.7. The molecule has 0 bridgehead atoms. The summed E-state index contributed by atoms with van der Waals surface area (Å²) in [5, 5.41) is 20.3. The fourth-order valence-corrected chi connectivity index (χ4v) is 5.97. The first-order valence-corrected chi connectivity index (χ1v) is 15.4. The first-order valence-electron chi connectivity index (χ1n) is 12.6. The molecule has 45 heavy (non-hydrogen) atoms. The van der Waals surface area contributed by atoms with Crippen LogP contribution in [-0.2, 0) is 20.2 Å². The smallest absolute Gasteiger partial charge is 0.744 e. The van der Waals surface area contributed by atoms with E-state index in [2.05, 4.69) is 20.5 Å². The molecule has 0 fully saturated rings. The summed E-state index contributed by atoms with van der Waals surface area (Å²) in [4.78, 5) is -0.827. The van der Waals surface area contributed by atoms with E-state index in [1.807, 2.05) is 24.3 Å². The number of nitrogens with two attached hydrogens (primary N) is 1. The Balaban J connectivity index is 0.00000230. The molecule has 11 nitrogen and oxygen atoms in total. The Labute approximate surface area is 302 Å². The summed E-state index contributed by atoms with van der Waals surface area (Å²) in [6, 6.07) is 26.8. The predicted octanol–water partition coefficient (Wildman–Crippen LogP) is 1.38. The van der Waals surface area contributed by atoms with Crippen LogP contribution < -0.4 is 64.8 Å². The molecule has 6 aromatic rings. The molecule has 0 aliphatic heterocycles. The summed E-state index contributed by atoms with van der Waals surface area (Å²) in [5.41, 5.74) is 8.09. The maximum Gasteiger partial charge on any atom is 1.00 e. The Bertz CT molecular complexity index is 2390. The minimum absolute atomic E-state index is 0. The molecule has 0 unspecified atom stereocenters. The largest absolute Gasteiger partial charge is 1.00 e. The van der Waals surface area contributed by atoms with Crippen LogP contribution in [0.3, 0.4) is 0 Å². The third-order valence-electron chi connectivity index (χ3n) is 6.83. The van der Waals surface area contributed by atoms with Crippen LogP contribution in [0.15, 0.2) is 133 Å². The van der Waals surface area contributed by atoms with Crippen LogP contribution >= 0.6 is 0 Å². The van der Waals surface area contributed by atoms with E-state index in [1.54, 1.807) is 42.5 Å². The number of nitrogens with zero attached hydrogens (tertiary/aromatic N) is 4.